The van der Waals surface area contributed by atoms with Gasteiger partial charge in [0, 0.05) is 12.6 Å². The second-order valence-corrected chi connectivity index (χ2v) is 5.73. The van der Waals surface area contributed by atoms with E-state index in [0.29, 0.717) is 19.2 Å². The molecule has 0 aromatic heterocycles. The molecule has 0 radical (unpaired) electrons. The molecule has 20 heavy (non-hydrogen) atoms. The molecule has 2 N–H and O–H groups in total. The van der Waals surface area contributed by atoms with Crippen molar-refractivity contribution in [2.24, 2.45) is 0 Å². The Labute approximate surface area is 122 Å². The highest BCUT2D eigenvalue weighted by Crippen LogP contribution is 2.17. The summed E-state index contributed by atoms with van der Waals surface area (Å²) < 4.78 is 5.56. The van der Waals surface area contributed by atoms with Crippen molar-refractivity contribution >= 4 is 0 Å². The SMILES string of the molecule is O[C@H](CNC1CCCCCCC1)COc1ccccc1. The van der Waals surface area contributed by atoms with Crippen molar-refractivity contribution in [3.63, 3.8) is 0 Å². The molecule has 0 unspecified atom stereocenters. The second-order valence-electron chi connectivity index (χ2n) is 5.73. The average molecular weight is 277 g/mol. The summed E-state index contributed by atoms with van der Waals surface area (Å²) in [5.41, 5.74) is 0. The van der Waals surface area contributed by atoms with E-state index >= 15 is 0 Å². The van der Waals surface area contributed by atoms with Gasteiger partial charge in [-0.15, -0.1) is 0 Å². The molecular weight excluding hydrogens is 250 g/mol. The van der Waals surface area contributed by atoms with E-state index in [2.05, 4.69) is 5.32 Å². The van der Waals surface area contributed by atoms with Crippen LogP contribution in [-0.4, -0.2) is 30.4 Å². The van der Waals surface area contributed by atoms with Crippen molar-refractivity contribution in [1.82, 2.24) is 5.32 Å². The van der Waals surface area contributed by atoms with Gasteiger partial charge in [0.1, 0.15) is 18.5 Å². The number of para-hydroxylation sites is 1. The zero-order valence-corrected chi connectivity index (χ0v) is 12.3. The van der Waals surface area contributed by atoms with E-state index < -0.39 is 6.10 Å². The van der Waals surface area contributed by atoms with E-state index in [0.717, 1.165) is 5.75 Å². The van der Waals surface area contributed by atoms with Gasteiger partial charge in [0.25, 0.3) is 0 Å². The van der Waals surface area contributed by atoms with Crippen LogP contribution in [0.2, 0.25) is 0 Å². The highest BCUT2D eigenvalue weighted by molar-refractivity contribution is 5.20. The Morgan fingerprint density at radius 3 is 2.40 bits per heavy atom. The van der Waals surface area contributed by atoms with Gasteiger partial charge in [-0.25, -0.2) is 0 Å². The Morgan fingerprint density at radius 1 is 1.05 bits per heavy atom. The third-order valence-corrected chi connectivity index (χ3v) is 3.93. The van der Waals surface area contributed by atoms with Gasteiger partial charge in [-0.2, -0.15) is 0 Å². The number of rotatable bonds is 6. The molecule has 1 saturated carbocycles. The highest BCUT2D eigenvalue weighted by Gasteiger charge is 2.13. The lowest BCUT2D eigenvalue weighted by Gasteiger charge is -2.22. The van der Waals surface area contributed by atoms with Gasteiger partial charge >= 0.3 is 0 Å². The third-order valence-electron chi connectivity index (χ3n) is 3.93. The molecule has 0 amide bonds. The maximum Gasteiger partial charge on any atom is 0.119 e. The van der Waals surface area contributed by atoms with Gasteiger partial charge in [0.05, 0.1) is 0 Å². The maximum atomic E-state index is 9.98. The molecule has 1 aliphatic rings. The fourth-order valence-electron chi connectivity index (χ4n) is 2.73. The summed E-state index contributed by atoms with van der Waals surface area (Å²) >= 11 is 0. The molecule has 3 nitrogen and oxygen atoms in total. The third kappa shape index (κ3) is 5.93. The first-order valence-electron chi connectivity index (χ1n) is 7.94. The molecule has 112 valence electrons. The molecule has 2 rings (SSSR count). The quantitative estimate of drug-likeness (QED) is 0.839. The number of aliphatic hydroxyl groups excluding tert-OH is 1. The number of benzene rings is 1. The van der Waals surface area contributed by atoms with E-state index in [4.69, 9.17) is 4.74 Å². The summed E-state index contributed by atoms with van der Waals surface area (Å²) in [6.45, 7) is 0.973. The van der Waals surface area contributed by atoms with E-state index in [1.165, 1.54) is 44.9 Å². The first-order chi connectivity index (χ1) is 9.84. The van der Waals surface area contributed by atoms with Crippen molar-refractivity contribution in [2.45, 2.75) is 57.1 Å². The predicted molar refractivity (Wildman–Crippen MR) is 82.1 cm³/mol. The number of ether oxygens (including phenoxy) is 1. The smallest absolute Gasteiger partial charge is 0.119 e. The maximum absolute atomic E-state index is 9.98. The Morgan fingerprint density at radius 2 is 1.70 bits per heavy atom. The van der Waals surface area contributed by atoms with Gasteiger partial charge in [0.15, 0.2) is 0 Å². The summed E-state index contributed by atoms with van der Waals surface area (Å²) in [5, 5.41) is 13.5. The minimum atomic E-state index is -0.444. The topological polar surface area (TPSA) is 41.5 Å². The Bertz CT molecular complexity index is 347. The van der Waals surface area contributed by atoms with Crippen LogP contribution in [-0.2, 0) is 0 Å². The summed E-state index contributed by atoms with van der Waals surface area (Å²) in [7, 11) is 0. The van der Waals surface area contributed by atoms with Crippen LogP contribution < -0.4 is 10.1 Å². The number of nitrogens with one attached hydrogen (secondary N) is 1. The van der Waals surface area contributed by atoms with E-state index in [1.54, 1.807) is 0 Å². The first-order valence-corrected chi connectivity index (χ1v) is 7.94. The lowest BCUT2D eigenvalue weighted by molar-refractivity contribution is 0.102. The standard InChI is InChI=1S/C17H27NO2/c19-16(14-20-17-11-7-4-8-12-17)13-18-15-9-5-2-1-3-6-10-15/h4,7-8,11-12,15-16,18-19H,1-3,5-6,9-10,13-14H2/t16-/m1/s1. The average Bonchev–Trinajstić information content (AvgIpc) is 2.45. The summed E-state index contributed by atoms with van der Waals surface area (Å²) in [6, 6.07) is 10.2. The highest BCUT2D eigenvalue weighted by atomic mass is 16.5. The molecule has 1 aromatic carbocycles. The Hall–Kier alpha value is -1.06. The molecule has 1 aromatic rings. The van der Waals surface area contributed by atoms with Crippen LogP contribution in [0.3, 0.4) is 0 Å². The normalized spacial score (nSPS) is 19.1. The molecular formula is C17H27NO2. The van der Waals surface area contributed by atoms with Crippen LogP contribution in [0.4, 0.5) is 0 Å². The van der Waals surface area contributed by atoms with Crippen molar-refractivity contribution in [2.75, 3.05) is 13.2 Å². The zero-order valence-electron chi connectivity index (χ0n) is 12.3. The molecule has 1 fully saturated rings. The predicted octanol–water partition coefficient (Wildman–Crippen LogP) is 3.13. The van der Waals surface area contributed by atoms with E-state index in [1.807, 2.05) is 30.3 Å². The molecule has 0 bridgehead atoms. The van der Waals surface area contributed by atoms with Crippen LogP contribution in [0.15, 0.2) is 30.3 Å². The molecule has 0 heterocycles. The lowest BCUT2D eigenvalue weighted by atomic mass is 9.96. The Balaban J connectivity index is 1.62. The van der Waals surface area contributed by atoms with E-state index in [9.17, 15) is 5.11 Å². The number of hydrogen-bond acceptors (Lipinski definition) is 3. The van der Waals surface area contributed by atoms with Crippen LogP contribution in [0.5, 0.6) is 5.75 Å². The summed E-state index contributed by atoms with van der Waals surface area (Å²) in [6.07, 6.45) is 8.78. The van der Waals surface area contributed by atoms with Crippen LogP contribution in [0.25, 0.3) is 0 Å². The lowest BCUT2D eigenvalue weighted by Crippen LogP contribution is -2.38. The molecule has 1 aliphatic carbocycles. The fraction of sp³-hybridized carbons (Fsp3) is 0.647. The minimum Gasteiger partial charge on any atom is -0.491 e. The zero-order chi connectivity index (χ0) is 14.0. The van der Waals surface area contributed by atoms with Gasteiger partial charge < -0.3 is 15.2 Å². The number of hydrogen-bond donors (Lipinski definition) is 2. The Kier molecular flexibility index (Phi) is 6.89. The molecule has 0 spiro atoms. The fourth-order valence-corrected chi connectivity index (χ4v) is 2.73. The molecule has 3 heteroatoms. The van der Waals surface area contributed by atoms with Gasteiger partial charge in [-0.05, 0) is 25.0 Å². The largest absolute Gasteiger partial charge is 0.491 e. The molecule has 0 aliphatic heterocycles. The van der Waals surface area contributed by atoms with Crippen molar-refractivity contribution in [3.05, 3.63) is 30.3 Å². The van der Waals surface area contributed by atoms with Crippen LogP contribution in [0, 0.1) is 0 Å². The van der Waals surface area contributed by atoms with E-state index in [-0.39, 0.29) is 0 Å². The monoisotopic (exact) mass is 277 g/mol. The van der Waals surface area contributed by atoms with Crippen LogP contribution >= 0.6 is 0 Å². The van der Waals surface area contributed by atoms with Gasteiger partial charge in [0.2, 0.25) is 0 Å². The number of aliphatic hydroxyl groups is 1. The van der Waals surface area contributed by atoms with Gasteiger partial charge in [-0.3, -0.25) is 0 Å². The minimum absolute atomic E-state index is 0.351. The van der Waals surface area contributed by atoms with Crippen molar-refractivity contribution in [1.29, 1.82) is 0 Å². The summed E-state index contributed by atoms with van der Waals surface area (Å²) in [5.74, 6) is 0.817. The summed E-state index contributed by atoms with van der Waals surface area (Å²) in [4.78, 5) is 0. The molecule has 0 saturated heterocycles. The first kappa shape index (κ1) is 15.3. The van der Waals surface area contributed by atoms with Crippen LogP contribution in [0.1, 0.15) is 44.9 Å². The second kappa shape index (κ2) is 8.98. The van der Waals surface area contributed by atoms with Crippen molar-refractivity contribution in [3.8, 4) is 5.75 Å². The molecule has 1 atom stereocenters. The van der Waals surface area contributed by atoms with Crippen molar-refractivity contribution < 1.29 is 9.84 Å². The van der Waals surface area contributed by atoms with Gasteiger partial charge in [-0.1, -0.05) is 50.3 Å².